The predicted molar refractivity (Wildman–Crippen MR) is 115 cm³/mol. The van der Waals surface area contributed by atoms with Crippen molar-refractivity contribution in [3.05, 3.63) is 71.0 Å². The molecule has 2 atom stereocenters. The maximum absolute atomic E-state index is 12.6. The molecule has 154 valence electrons. The lowest BCUT2D eigenvalue weighted by molar-refractivity contribution is -0.154. The molecule has 0 bridgehead atoms. The Morgan fingerprint density at radius 2 is 2.13 bits per heavy atom. The zero-order valence-corrected chi connectivity index (χ0v) is 17.5. The molecule has 30 heavy (non-hydrogen) atoms. The van der Waals surface area contributed by atoms with Gasteiger partial charge in [0.15, 0.2) is 6.10 Å². The van der Waals surface area contributed by atoms with Crippen LogP contribution >= 0.6 is 11.3 Å². The molecule has 0 saturated heterocycles. The molecule has 3 aromatic rings. The summed E-state index contributed by atoms with van der Waals surface area (Å²) in [5.41, 5.74) is 3.95. The van der Waals surface area contributed by atoms with Crippen LogP contribution in [0, 0.1) is 0 Å². The van der Waals surface area contributed by atoms with Gasteiger partial charge in [-0.05, 0) is 49.4 Å². The van der Waals surface area contributed by atoms with Gasteiger partial charge in [-0.25, -0.2) is 4.98 Å². The molecule has 7 heteroatoms. The number of aryl methyl sites for hydroxylation is 1. The lowest BCUT2D eigenvalue weighted by Crippen LogP contribution is -2.39. The molecule has 2 heterocycles. The van der Waals surface area contributed by atoms with Crippen LogP contribution in [0.2, 0.25) is 0 Å². The number of nitrogens with one attached hydrogen (secondary N) is 1. The van der Waals surface area contributed by atoms with Crippen molar-refractivity contribution in [3.8, 4) is 10.6 Å². The number of hydrogen-bond acceptors (Lipinski definition) is 6. The van der Waals surface area contributed by atoms with Gasteiger partial charge in [0.05, 0.1) is 18.2 Å². The SMILES string of the molecule is C[C@H](OC(=O)Cc1csc(-c2cccnc2)n1)C(=O)N[C@@H]1CCCc2ccccc21. The molecule has 1 aliphatic rings. The number of thiazole rings is 1. The van der Waals surface area contributed by atoms with Gasteiger partial charge in [0.25, 0.3) is 5.91 Å². The van der Waals surface area contributed by atoms with Crippen molar-refractivity contribution in [2.75, 3.05) is 0 Å². The van der Waals surface area contributed by atoms with Crippen molar-refractivity contribution >= 4 is 23.2 Å². The molecule has 0 unspecified atom stereocenters. The van der Waals surface area contributed by atoms with Gasteiger partial charge in [0, 0.05) is 23.3 Å². The second-order valence-electron chi connectivity index (χ2n) is 7.35. The summed E-state index contributed by atoms with van der Waals surface area (Å²) in [6, 6.07) is 11.9. The number of rotatable bonds is 6. The van der Waals surface area contributed by atoms with E-state index in [1.165, 1.54) is 16.9 Å². The van der Waals surface area contributed by atoms with Gasteiger partial charge in [0.2, 0.25) is 0 Å². The van der Waals surface area contributed by atoms with Crippen LogP contribution < -0.4 is 5.32 Å². The number of aromatic nitrogens is 2. The second kappa shape index (κ2) is 9.17. The van der Waals surface area contributed by atoms with E-state index < -0.39 is 12.1 Å². The van der Waals surface area contributed by atoms with Gasteiger partial charge in [0.1, 0.15) is 5.01 Å². The summed E-state index contributed by atoms with van der Waals surface area (Å²) in [4.78, 5) is 33.5. The highest BCUT2D eigenvalue weighted by Crippen LogP contribution is 2.29. The lowest BCUT2D eigenvalue weighted by atomic mass is 9.87. The van der Waals surface area contributed by atoms with E-state index in [1.807, 2.05) is 29.6 Å². The number of pyridine rings is 1. The maximum Gasteiger partial charge on any atom is 0.312 e. The first-order chi connectivity index (χ1) is 14.6. The van der Waals surface area contributed by atoms with Crippen LogP contribution in [0.4, 0.5) is 0 Å². The highest BCUT2D eigenvalue weighted by molar-refractivity contribution is 7.13. The summed E-state index contributed by atoms with van der Waals surface area (Å²) in [7, 11) is 0. The molecule has 0 radical (unpaired) electrons. The number of amides is 1. The smallest absolute Gasteiger partial charge is 0.312 e. The number of carbonyl (C=O) groups is 2. The monoisotopic (exact) mass is 421 g/mol. The van der Waals surface area contributed by atoms with E-state index in [-0.39, 0.29) is 18.4 Å². The normalized spacial score (nSPS) is 16.4. The predicted octanol–water partition coefficient (Wildman–Crippen LogP) is 3.87. The maximum atomic E-state index is 12.6. The Morgan fingerprint density at radius 1 is 1.27 bits per heavy atom. The number of hydrogen-bond donors (Lipinski definition) is 1. The van der Waals surface area contributed by atoms with Crippen molar-refractivity contribution in [2.24, 2.45) is 0 Å². The van der Waals surface area contributed by atoms with Crippen LogP contribution in [-0.2, 0) is 27.2 Å². The Bertz CT molecular complexity index is 1030. The Kier molecular flexibility index (Phi) is 6.18. The molecular formula is C23H23N3O3S. The van der Waals surface area contributed by atoms with E-state index in [4.69, 9.17) is 4.74 Å². The van der Waals surface area contributed by atoms with E-state index >= 15 is 0 Å². The van der Waals surface area contributed by atoms with Crippen molar-refractivity contribution in [2.45, 2.75) is 44.8 Å². The third kappa shape index (κ3) is 4.74. The molecule has 0 spiro atoms. The summed E-state index contributed by atoms with van der Waals surface area (Å²) in [5, 5.41) is 5.66. The molecule has 1 N–H and O–H groups in total. The molecule has 1 aromatic carbocycles. The van der Waals surface area contributed by atoms with Crippen molar-refractivity contribution in [1.29, 1.82) is 0 Å². The largest absolute Gasteiger partial charge is 0.452 e. The van der Waals surface area contributed by atoms with Crippen LogP contribution in [0.25, 0.3) is 10.6 Å². The van der Waals surface area contributed by atoms with E-state index in [0.29, 0.717) is 5.69 Å². The van der Waals surface area contributed by atoms with E-state index in [1.54, 1.807) is 19.3 Å². The van der Waals surface area contributed by atoms with Gasteiger partial charge in [-0.15, -0.1) is 11.3 Å². The fourth-order valence-electron chi connectivity index (χ4n) is 3.64. The van der Waals surface area contributed by atoms with Crippen LogP contribution in [0.5, 0.6) is 0 Å². The number of ether oxygens (including phenoxy) is 1. The minimum Gasteiger partial charge on any atom is -0.452 e. The van der Waals surface area contributed by atoms with Gasteiger partial charge in [-0.3, -0.25) is 14.6 Å². The minimum absolute atomic E-state index is 0.0284. The summed E-state index contributed by atoms with van der Waals surface area (Å²) >= 11 is 1.45. The van der Waals surface area contributed by atoms with E-state index in [2.05, 4.69) is 27.4 Å². The highest BCUT2D eigenvalue weighted by atomic mass is 32.1. The average Bonchev–Trinajstić information content (AvgIpc) is 3.23. The molecule has 4 rings (SSSR count). The molecule has 2 aromatic heterocycles. The molecule has 1 aliphatic carbocycles. The Morgan fingerprint density at radius 3 is 2.97 bits per heavy atom. The number of benzene rings is 1. The fourth-order valence-corrected chi connectivity index (χ4v) is 4.45. The second-order valence-corrected chi connectivity index (χ2v) is 8.20. The fraction of sp³-hybridized carbons (Fsp3) is 0.304. The van der Waals surface area contributed by atoms with Crippen LogP contribution in [0.3, 0.4) is 0 Å². The Hall–Kier alpha value is -3.06. The molecule has 0 aliphatic heterocycles. The third-order valence-electron chi connectivity index (χ3n) is 5.15. The van der Waals surface area contributed by atoms with Crippen molar-refractivity contribution in [1.82, 2.24) is 15.3 Å². The topological polar surface area (TPSA) is 81.2 Å². The third-order valence-corrected chi connectivity index (χ3v) is 6.09. The number of esters is 1. The van der Waals surface area contributed by atoms with Crippen molar-refractivity contribution < 1.29 is 14.3 Å². The first kappa shape index (κ1) is 20.2. The molecule has 0 fully saturated rings. The number of nitrogens with zero attached hydrogens (tertiary/aromatic N) is 2. The zero-order chi connectivity index (χ0) is 20.9. The summed E-state index contributed by atoms with van der Waals surface area (Å²) in [6.45, 7) is 1.60. The van der Waals surface area contributed by atoms with Gasteiger partial charge in [-0.1, -0.05) is 24.3 Å². The molecule has 1 amide bonds. The molecule has 0 saturated carbocycles. The summed E-state index contributed by atoms with van der Waals surface area (Å²) in [5.74, 6) is -0.746. The van der Waals surface area contributed by atoms with Gasteiger partial charge >= 0.3 is 5.97 Å². The Balaban J connectivity index is 1.32. The summed E-state index contributed by atoms with van der Waals surface area (Å²) in [6.07, 6.45) is 5.55. The molecular weight excluding hydrogens is 398 g/mol. The first-order valence-corrected chi connectivity index (χ1v) is 10.9. The van der Waals surface area contributed by atoms with Crippen LogP contribution in [0.1, 0.15) is 42.6 Å². The lowest BCUT2D eigenvalue weighted by Gasteiger charge is -2.27. The first-order valence-electron chi connectivity index (χ1n) is 10.0. The zero-order valence-electron chi connectivity index (χ0n) is 16.7. The highest BCUT2D eigenvalue weighted by Gasteiger charge is 2.25. The minimum atomic E-state index is -0.858. The number of fused-ring (bicyclic) bond motifs is 1. The van der Waals surface area contributed by atoms with Gasteiger partial charge < -0.3 is 10.1 Å². The Labute approximate surface area is 179 Å². The standard InChI is InChI=1S/C23H23N3O3S/c1-15(22(28)26-20-10-4-7-16-6-2-3-9-19(16)20)29-21(27)12-18-14-30-23(25-18)17-8-5-11-24-13-17/h2-3,5-6,8-9,11,13-15,20H,4,7,10,12H2,1H3,(H,26,28)/t15-,20+/m0/s1. The van der Waals surface area contributed by atoms with Crippen LogP contribution in [-0.4, -0.2) is 27.9 Å². The number of carbonyl (C=O) groups excluding carboxylic acids is 2. The van der Waals surface area contributed by atoms with Gasteiger partial charge in [-0.2, -0.15) is 0 Å². The summed E-state index contributed by atoms with van der Waals surface area (Å²) < 4.78 is 5.36. The van der Waals surface area contributed by atoms with E-state index in [0.717, 1.165) is 35.4 Å². The quantitative estimate of drug-likeness (QED) is 0.611. The van der Waals surface area contributed by atoms with Crippen LogP contribution in [0.15, 0.2) is 54.2 Å². The molecule has 6 nitrogen and oxygen atoms in total. The van der Waals surface area contributed by atoms with E-state index in [9.17, 15) is 9.59 Å². The average molecular weight is 422 g/mol. The van der Waals surface area contributed by atoms with Crippen molar-refractivity contribution in [3.63, 3.8) is 0 Å².